The Morgan fingerprint density at radius 3 is 2.52 bits per heavy atom. The number of nitrogens with two attached hydrogens (primary N) is 1. The second-order valence-corrected chi connectivity index (χ2v) is 14.4. The minimum Gasteiger partial charge on any atom is -0.508 e. The van der Waals surface area contributed by atoms with Crippen molar-refractivity contribution in [2.24, 2.45) is 17.8 Å². The zero-order valence-electron chi connectivity index (χ0n) is 30.2. The van der Waals surface area contributed by atoms with E-state index >= 15 is 0 Å². The standard InChI is InChI=1S/C39H42N10O5/c1-20(2)26-17-27(31(51)18-30(26)50)35-45-46-39(54)49(35)25-10-11-29-28(16-25)42-34(47(29)3)22-12-14-48(15-13-22)37(53)23-7-4-21(5-8-23)6-9-24-19-41-33-32(24)36(52)44-38(40)43-33/h4-5,7-8,10-11,16-20,22,36,41,50-52H,6,9,12-15H2,1-3H3,(H,46,54)(H3,40,43,44). The number of aliphatic hydroxyl groups is 1. The highest BCUT2D eigenvalue weighted by molar-refractivity contribution is 5.95. The van der Waals surface area contributed by atoms with E-state index in [1.165, 1.54) is 10.6 Å². The second kappa shape index (κ2) is 13.6. The van der Waals surface area contributed by atoms with Crippen LogP contribution >= 0.6 is 0 Å². The largest absolute Gasteiger partial charge is 0.508 e. The number of aryl methyl sites for hydroxylation is 3. The van der Waals surface area contributed by atoms with Crippen molar-refractivity contribution in [2.45, 2.75) is 57.6 Å². The van der Waals surface area contributed by atoms with E-state index in [0.29, 0.717) is 58.8 Å². The number of nitrogens with zero attached hydrogens (tertiary/aromatic N) is 6. The molecule has 1 saturated heterocycles. The number of phenols is 2. The zero-order chi connectivity index (χ0) is 37.8. The van der Waals surface area contributed by atoms with Gasteiger partial charge in [0.25, 0.3) is 5.91 Å². The zero-order valence-corrected chi connectivity index (χ0v) is 30.2. The fourth-order valence-electron chi connectivity index (χ4n) is 7.72. The Labute approximate surface area is 309 Å². The van der Waals surface area contributed by atoms with Crippen LogP contribution in [-0.2, 0) is 19.9 Å². The summed E-state index contributed by atoms with van der Waals surface area (Å²) in [6, 6.07) is 16.2. The van der Waals surface area contributed by atoms with E-state index in [1.807, 2.05) is 74.5 Å². The summed E-state index contributed by atoms with van der Waals surface area (Å²) in [4.78, 5) is 40.6. The lowest BCUT2D eigenvalue weighted by molar-refractivity contribution is 0.0710. The Kier molecular flexibility index (Phi) is 8.72. The van der Waals surface area contributed by atoms with Gasteiger partial charge in [-0.05, 0) is 84.7 Å². The normalized spacial score (nSPS) is 16.1. The number of aliphatic hydroxyl groups excluding tert-OH is 1. The highest BCUT2D eigenvalue weighted by atomic mass is 16.3. The van der Waals surface area contributed by atoms with E-state index < -0.39 is 11.9 Å². The molecule has 3 aromatic heterocycles. The molecule has 1 fully saturated rings. The van der Waals surface area contributed by atoms with Crippen molar-refractivity contribution in [2.75, 3.05) is 18.4 Å². The lowest BCUT2D eigenvalue weighted by atomic mass is 9.95. The highest BCUT2D eigenvalue weighted by Gasteiger charge is 2.29. The van der Waals surface area contributed by atoms with Crippen LogP contribution in [0.15, 0.2) is 70.6 Å². The van der Waals surface area contributed by atoms with Crippen LogP contribution in [-0.4, -0.2) is 74.5 Å². The van der Waals surface area contributed by atoms with E-state index in [-0.39, 0.29) is 41.0 Å². The molecule has 278 valence electrons. The first-order chi connectivity index (χ1) is 26.0. The minimum atomic E-state index is -1.00. The third-order valence-electron chi connectivity index (χ3n) is 10.6. The van der Waals surface area contributed by atoms with Gasteiger partial charge in [-0.15, -0.1) is 0 Å². The number of phenolic OH excluding ortho intramolecular Hbond substituents is 2. The second-order valence-electron chi connectivity index (χ2n) is 14.4. The molecule has 8 N–H and O–H groups in total. The first kappa shape index (κ1) is 34.7. The van der Waals surface area contributed by atoms with Crippen LogP contribution in [0.3, 0.4) is 0 Å². The monoisotopic (exact) mass is 730 g/mol. The molecular weight excluding hydrogens is 688 g/mol. The van der Waals surface area contributed by atoms with Crippen LogP contribution in [0.1, 0.15) is 83.2 Å². The number of likely N-dealkylation sites (tertiary alicyclic amines) is 1. The molecule has 0 aliphatic carbocycles. The van der Waals surface area contributed by atoms with Gasteiger partial charge in [0, 0.05) is 49.4 Å². The summed E-state index contributed by atoms with van der Waals surface area (Å²) in [5, 5.41) is 41.1. The molecule has 1 atom stereocenters. The number of H-pyrrole nitrogens is 2. The summed E-state index contributed by atoms with van der Waals surface area (Å²) >= 11 is 0. The number of hydrogen-bond acceptors (Lipinski definition) is 10. The number of nitrogens with one attached hydrogen (secondary N) is 3. The van der Waals surface area contributed by atoms with Crippen molar-refractivity contribution in [3.63, 3.8) is 0 Å². The van der Waals surface area contributed by atoms with Crippen molar-refractivity contribution in [1.29, 1.82) is 0 Å². The number of imidazole rings is 1. The Hall–Kier alpha value is -6.35. The smallest absolute Gasteiger partial charge is 0.348 e. The van der Waals surface area contributed by atoms with Gasteiger partial charge < -0.3 is 40.8 Å². The third-order valence-corrected chi connectivity index (χ3v) is 10.6. The van der Waals surface area contributed by atoms with Gasteiger partial charge in [0.2, 0.25) is 0 Å². The van der Waals surface area contributed by atoms with Gasteiger partial charge >= 0.3 is 5.69 Å². The van der Waals surface area contributed by atoms with Crippen molar-refractivity contribution in [1.82, 2.24) is 34.2 Å². The van der Waals surface area contributed by atoms with Crippen molar-refractivity contribution in [3.8, 4) is 28.6 Å². The molecule has 15 heteroatoms. The van der Waals surface area contributed by atoms with Gasteiger partial charge in [-0.3, -0.25) is 4.79 Å². The number of aromatic amines is 2. The molecular formula is C39H42N10O5. The topological polar surface area (TPSA) is 216 Å². The maximum absolute atomic E-state index is 13.5. The van der Waals surface area contributed by atoms with Gasteiger partial charge in [0.05, 0.1) is 22.3 Å². The Morgan fingerprint density at radius 2 is 1.78 bits per heavy atom. The molecule has 3 aromatic carbocycles. The summed E-state index contributed by atoms with van der Waals surface area (Å²) in [7, 11) is 1.98. The number of carbonyl (C=O) groups is 1. The first-order valence-corrected chi connectivity index (χ1v) is 18.0. The fraction of sp³-hybridized carbons (Fsp3) is 0.308. The molecule has 15 nitrogen and oxygen atoms in total. The molecule has 2 aliphatic rings. The number of fused-ring (bicyclic) bond motifs is 2. The number of aliphatic imine (C=N–C) groups is 1. The molecule has 1 unspecified atom stereocenters. The van der Waals surface area contributed by atoms with E-state index in [2.05, 4.69) is 30.1 Å². The molecule has 5 heterocycles. The molecule has 1 amide bonds. The van der Waals surface area contributed by atoms with Crippen LogP contribution in [0.25, 0.3) is 28.1 Å². The Bertz CT molecular complexity index is 2480. The van der Waals surface area contributed by atoms with E-state index in [9.17, 15) is 24.9 Å². The maximum Gasteiger partial charge on any atom is 0.348 e. The SMILES string of the molecule is CC(C)c1cc(-c2n[nH]c(=O)n2-c2ccc3c(c2)nc(C2CCN(C(=O)c4ccc(CCc5c[nH]c6c5C(O)N=C(N)N6)cc4)CC2)n3C)c(O)cc1O. The first-order valence-electron chi connectivity index (χ1n) is 18.0. The summed E-state index contributed by atoms with van der Waals surface area (Å²) in [6.07, 6.45) is 3.80. The van der Waals surface area contributed by atoms with Gasteiger partial charge in [-0.2, -0.15) is 5.10 Å². The number of rotatable bonds is 8. The molecule has 0 radical (unpaired) electrons. The van der Waals surface area contributed by atoms with Gasteiger partial charge in [-0.1, -0.05) is 26.0 Å². The fourth-order valence-corrected chi connectivity index (χ4v) is 7.72. The number of carbonyl (C=O) groups excluding carboxylic acids is 1. The minimum absolute atomic E-state index is 0.000493. The summed E-state index contributed by atoms with van der Waals surface area (Å²) in [5.41, 5.74) is 11.7. The lowest BCUT2D eigenvalue weighted by Gasteiger charge is -2.31. The number of guanidine groups is 1. The van der Waals surface area contributed by atoms with Crippen LogP contribution in [0.5, 0.6) is 11.5 Å². The average molecular weight is 731 g/mol. The number of hydrogen-bond donors (Lipinski definition) is 7. The molecule has 54 heavy (non-hydrogen) atoms. The molecule has 0 spiro atoms. The van der Waals surface area contributed by atoms with Crippen molar-refractivity contribution in [3.05, 3.63) is 105 Å². The summed E-state index contributed by atoms with van der Waals surface area (Å²) in [5.74, 6) is 1.87. The van der Waals surface area contributed by atoms with Gasteiger partial charge in [0.15, 0.2) is 18.0 Å². The number of anilines is 1. The molecule has 0 bridgehead atoms. The van der Waals surface area contributed by atoms with Crippen LogP contribution in [0.4, 0.5) is 5.82 Å². The van der Waals surface area contributed by atoms with Crippen LogP contribution < -0.4 is 16.7 Å². The molecule has 2 aliphatic heterocycles. The number of benzene rings is 3. The highest BCUT2D eigenvalue weighted by Crippen LogP contribution is 2.38. The van der Waals surface area contributed by atoms with Crippen molar-refractivity contribution >= 4 is 28.7 Å². The molecule has 8 rings (SSSR count). The van der Waals surface area contributed by atoms with Crippen LogP contribution in [0.2, 0.25) is 0 Å². The number of aromatic hydroxyl groups is 2. The summed E-state index contributed by atoms with van der Waals surface area (Å²) in [6.45, 7) is 5.06. The average Bonchev–Trinajstić information content (AvgIpc) is 3.85. The van der Waals surface area contributed by atoms with Crippen molar-refractivity contribution < 1.29 is 20.1 Å². The quantitative estimate of drug-likeness (QED) is 0.117. The number of aromatic nitrogens is 6. The third kappa shape index (κ3) is 6.15. The predicted octanol–water partition coefficient (Wildman–Crippen LogP) is 4.51. The predicted molar refractivity (Wildman–Crippen MR) is 204 cm³/mol. The van der Waals surface area contributed by atoms with E-state index in [0.717, 1.165) is 41.7 Å². The van der Waals surface area contributed by atoms with Gasteiger partial charge in [0.1, 0.15) is 23.1 Å². The number of amides is 1. The molecule has 6 aromatic rings. The van der Waals surface area contributed by atoms with E-state index in [4.69, 9.17) is 10.7 Å². The van der Waals surface area contributed by atoms with Gasteiger partial charge in [-0.25, -0.2) is 24.4 Å². The maximum atomic E-state index is 13.5. The Morgan fingerprint density at radius 1 is 1.02 bits per heavy atom. The Balaban J connectivity index is 0.938. The van der Waals surface area contributed by atoms with Crippen LogP contribution in [0, 0.1) is 0 Å². The lowest BCUT2D eigenvalue weighted by Crippen LogP contribution is -2.38. The number of piperidine rings is 1. The molecule has 0 saturated carbocycles. The summed E-state index contributed by atoms with van der Waals surface area (Å²) < 4.78 is 3.47. The van der Waals surface area contributed by atoms with E-state index in [1.54, 1.807) is 6.07 Å².